The first-order chi connectivity index (χ1) is 7.76. The van der Waals surface area contributed by atoms with E-state index in [1.54, 1.807) is 0 Å². The molecule has 0 radical (unpaired) electrons. The summed E-state index contributed by atoms with van der Waals surface area (Å²) >= 11 is 1.52. The van der Waals surface area contributed by atoms with Crippen molar-refractivity contribution in [1.29, 1.82) is 5.26 Å². The lowest BCUT2D eigenvalue weighted by atomic mass is 10.2. The SMILES string of the molecule is CNc1ccc2c(c1)N(CC#N)C(=O)CS2. The number of carbonyl (C=O) groups is 1. The van der Waals surface area contributed by atoms with Crippen molar-refractivity contribution in [3.63, 3.8) is 0 Å². The Hall–Kier alpha value is -1.67. The first-order valence-electron chi connectivity index (χ1n) is 4.88. The molecule has 1 amide bonds. The van der Waals surface area contributed by atoms with Crippen LogP contribution in [-0.2, 0) is 4.79 Å². The van der Waals surface area contributed by atoms with Gasteiger partial charge in [0, 0.05) is 17.6 Å². The van der Waals surface area contributed by atoms with E-state index in [-0.39, 0.29) is 12.5 Å². The zero-order valence-corrected chi connectivity index (χ0v) is 9.67. The Balaban J connectivity index is 2.44. The van der Waals surface area contributed by atoms with E-state index in [1.165, 1.54) is 16.7 Å². The highest BCUT2D eigenvalue weighted by Gasteiger charge is 2.24. The van der Waals surface area contributed by atoms with Crippen LogP contribution >= 0.6 is 11.8 Å². The van der Waals surface area contributed by atoms with Crippen LogP contribution in [0.2, 0.25) is 0 Å². The van der Waals surface area contributed by atoms with E-state index in [4.69, 9.17) is 5.26 Å². The highest BCUT2D eigenvalue weighted by Crippen LogP contribution is 2.36. The zero-order valence-electron chi connectivity index (χ0n) is 8.86. The number of rotatable bonds is 2. The van der Waals surface area contributed by atoms with Gasteiger partial charge >= 0.3 is 0 Å². The van der Waals surface area contributed by atoms with Crippen LogP contribution in [0.25, 0.3) is 0 Å². The second kappa shape index (κ2) is 4.45. The van der Waals surface area contributed by atoms with Gasteiger partial charge in [0.2, 0.25) is 5.91 Å². The van der Waals surface area contributed by atoms with Gasteiger partial charge in [-0.3, -0.25) is 9.69 Å². The van der Waals surface area contributed by atoms with Gasteiger partial charge in [-0.2, -0.15) is 5.26 Å². The van der Waals surface area contributed by atoms with Crippen LogP contribution < -0.4 is 10.2 Å². The molecule has 0 fully saturated rings. The Bertz CT molecular complexity index is 467. The Morgan fingerprint density at radius 2 is 2.44 bits per heavy atom. The third-order valence-corrected chi connectivity index (χ3v) is 3.47. The molecule has 2 rings (SSSR count). The Morgan fingerprint density at radius 3 is 3.12 bits per heavy atom. The lowest BCUT2D eigenvalue weighted by Gasteiger charge is -2.27. The molecule has 1 aliphatic heterocycles. The monoisotopic (exact) mass is 233 g/mol. The summed E-state index contributed by atoms with van der Waals surface area (Å²) in [5.74, 6) is 0.403. The largest absolute Gasteiger partial charge is 0.388 e. The van der Waals surface area contributed by atoms with Gasteiger partial charge < -0.3 is 5.32 Å². The number of anilines is 2. The van der Waals surface area contributed by atoms with Crippen LogP contribution in [0.1, 0.15) is 0 Å². The lowest BCUT2D eigenvalue weighted by molar-refractivity contribution is -0.116. The summed E-state index contributed by atoms with van der Waals surface area (Å²) in [6.07, 6.45) is 0. The van der Waals surface area contributed by atoms with E-state index in [0.29, 0.717) is 5.75 Å². The van der Waals surface area contributed by atoms with Gasteiger partial charge in [0.05, 0.1) is 17.5 Å². The van der Waals surface area contributed by atoms with E-state index >= 15 is 0 Å². The fraction of sp³-hybridized carbons (Fsp3) is 0.273. The Morgan fingerprint density at radius 1 is 1.62 bits per heavy atom. The summed E-state index contributed by atoms with van der Waals surface area (Å²) in [4.78, 5) is 14.3. The molecule has 0 bridgehead atoms. The zero-order chi connectivity index (χ0) is 11.5. The average Bonchev–Trinajstić information content (AvgIpc) is 2.32. The number of thioether (sulfide) groups is 1. The molecule has 0 saturated carbocycles. The molecule has 0 aliphatic carbocycles. The molecule has 82 valence electrons. The molecule has 0 unspecified atom stereocenters. The van der Waals surface area contributed by atoms with Crippen LogP contribution in [0, 0.1) is 11.3 Å². The van der Waals surface area contributed by atoms with Crippen molar-refractivity contribution in [2.75, 3.05) is 29.6 Å². The summed E-state index contributed by atoms with van der Waals surface area (Å²) in [5.41, 5.74) is 1.77. The minimum Gasteiger partial charge on any atom is -0.388 e. The number of hydrogen-bond acceptors (Lipinski definition) is 4. The maximum Gasteiger partial charge on any atom is 0.238 e. The summed E-state index contributed by atoms with van der Waals surface area (Å²) in [6, 6.07) is 7.86. The maximum absolute atomic E-state index is 11.7. The number of nitrogens with one attached hydrogen (secondary N) is 1. The van der Waals surface area contributed by atoms with Crippen molar-refractivity contribution in [3.05, 3.63) is 18.2 Å². The third-order valence-electron chi connectivity index (χ3n) is 2.42. The van der Waals surface area contributed by atoms with E-state index in [1.807, 2.05) is 31.3 Å². The second-order valence-corrected chi connectivity index (χ2v) is 4.38. The van der Waals surface area contributed by atoms with Crippen LogP contribution in [0.4, 0.5) is 11.4 Å². The topological polar surface area (TPSA) is 56.1 Å². The summed E-state index contributed by atoms with van der Waals surface area (Å²) in [6.45, 7) is 0.111. The summed E-state index contributed by atoms with van der Waals surface area (Å²) in [7, 11) is 1.83. The highest BCUT2D eigenvalue weighted by molar-refractivity contribution is 8.00. The quantitative estimate of drug-likeness (QED) is 0.790. The van der Waals surface area contributed by atoms with Gasteiger partial charge in [0.25, 0.3) is 0 Å². The van der Waals surface area contributed by atoms with Gasteiger partial charge in [-0.05, 0) is 18.2 Å². The summed E-state index contributed by atoms with van der Waals surface area (Å²) < 4.78 is 0. The summed E-state index contributed by atoms with van der Waals surface area (Å²) in [5, 5.41) is 11.7. The average molecular weight is 233 g/mol. The van der Waals surface area contributed by atoms with E-state index in [2.05, 4.69) is 5.32 Å². The Kier molecular flexibility index (Phi) is 3.02. The minimum atomic E-state index is -0.00713. The molecule has 16 heavy (non-hydrogen) atoms. The molecule has 0 aromatic heterocycles. The molecule has 1 aromatic rings. The molecule has 5 heteroatoms. The molecule has 0 saturated heterocycles. The molecular weight excluding hydrogens is 222 g/mol. The second-order valence-electron chi connectivity index (χ2n) is 3.36. The first-order valence-corrected chi connectivity index (χ1v) is 5.86. The number of fused-ring (bicyclic) bond motifs is 1. The molecule has 1 heterocycles. The van der Waals surface area contributed by atoms with Crippen LogP contribution in [0.3, 0.4) is 0 Å². The van der Waals surface area contributed by atoms with Crippen molar-refractivity contribution in [3.8, 4) is 6.07 Å². The van der Waals surface area contributed by atoms with E-state index in [0.717, 1.165) is 16.3 Å². The number of hydrogen-bond donors (Lipinski definition) is 1. The number of benzene rings is 1. The molecule has 1 aromatic carbocycles. The van der Waals surface area contributed by atoms with E-state index < -0.39 is 0 Å². The smallest absolute Gasteiger partial charge is 0.238 e. The maximum atomic E-state index is 11.7. The number of nitrogens with zero attached hydrogens (tertiary/aromatic N) is 2. The molecule has 0 spiro atoms. The Labute approximate surface area is 98.2 Å². The van der Waals surface area contributed by atoms with Crippen LogP contribution in [-0.4, -0.2) is 25.3 Å². The predicted octanol–water partition coefficient (Wildman–Crippen LogP) is 1.69. The predicted molar refractivity (Wildman–Crippen MR) is 64.7 cm³/mol. The van der Waals surface area contributed by atoms with Gasteiger partial charge in [0.1, 0.15) is 6.54 Å². The van der Waals surface area contributed by atoms with Gasteiger partial charge in [-0.25, -0.2) is 0 Å². The third kappa shape index (κ3) is 1.84. The standard InChI is InChI=1S/C11H11N3OS/c1-13-8-2-3-10-9(6-8)14(5-4-12)11(15)7-16-10/h2-3,6,13H,5,7H2,1H3. The van der Waals surface area contributed by atoms with Crippen molar-refractivity contribution in [2.24, 2.45) is 0 Å². The highest BCUT2D eigenvalue weighted by atomic mass is 32.2. The lowest BCUT2D eigenvalue weighted by Crippen LogP contribution is -2.35. The normalized spacial score (nSPS) is 14.2. The molecular formula is C11H11N3OS. The molecule has 1 N–H and O–H groups in total. The first kappa shape index (κ1) is 10.8. The van der Waals surface area contributed by atoms with Gasteiger partial charge in [-0.1, -0.05) is 0 Å². The van der Waals surface area contributed by atoms with Crippen molar-refractivity contribution >= 4 is 29.0 Å². The van der Waals surface area contributed by atoms with Crippen molar-refractivity contribution in [1.82, 2.24) is 0 Å². The molecule has 4 nitrogen and oxygen atoms in total. The number of carbonyl (C=O) groups excluding carboxylic acids is 1. The minimum absolute atomic E-state index is 0.00713. The van der Waals surface area contributed by atoms with Crippen molar-refractivity contribution in [2.45, 2.75) is 4.90 Å². The fourth-order valence-corrected chi connectivity index (χ4v) is 2.52. The number of nitriles is 1. The molecule has 0 atom stereocenters. The number of amides is 1. The van der Waals surface area contributed by atoms with Gasteiger partial charge in [-0.15, -0.1) is 11.8 Å². The van der Waals surface area contributed by atoms with Crippen molar-refractivity contribution < 1.29 is 4.79 Å². The molecule has 1 aliphatic rings. The van der Waals surface area contributed by atoms with Crippen LogP contribution in [0.5, 0.6) is 0 Å². The van der Waals surface area contributed by atoms with Gasteiger partial charge in [0.15, 0.2) is 0 Å². The van der Waals surface area contributed by atoms with Crippen LogP contribution in [0.15, 0.2) is 23.1 Å². The van der Waals surface area contributed by atoms with E-state index in [9.17, 15) is 4.79 Å². The fourth-order valence-electron chi connectivity index (χ4n) is 1.60.